The van der Waals surface area contributed by atoms with Crippen LogP contribution in [0.15, 0.2) is 0 Å². The van der Waals surface area contributed by atoms with Crippen molar-refractivity contribution in [2.24, 2.45) is 0 Å². The molecule has 0 radical (unpaired) electrons. The Morgan fingerprint density at radius 3 is 2.36 bits per heavy atom. The highest BCUT2D eigenvalue weighted by atomic mass is 16.7. The predicted octanol–water partition coefficient (Wildman–Crippen LogP) is 0.139. The third kappa shape index (κ3) is 2.01. The van der Waals surface area contributed by atoms with Gasteiger partial charge in [-0.15, -0.1) is 5.06 Å². The highest BCUT2D eigenvalue weighted by Gasteiger charge is 2.33. The first-order valence-electron chi connectivity index (χ1n) is 4.35. The van der Waals surface area contributed by atoms with Crippen LogP contribution in [0.2, 0.25) is 0 Å². The molecule has 78 valence electrons. The van der Waals surface area contributed by atoms with Crippen molar-refractivity contribution in [3.05, 3.63) is 0 Å². The molecule has 14 heavy (non-hydrogen) atoms. The van der Waals surface area contributed by atoms with Crippen LogP contribution < -0.4 is 0 Å². The largest absolute Gasteiger partial charge is 0.434 e. The maximum atomic E-state index is 11.2. The summed E-state index contributed by atoms with van der Waals surface area (Å²) in [5.74, 6) is -0.930. The minimum Gasteiger partial charge on any atom is -0.311 e. The van der Waals surface area contributed by atoms with Crippen molar-refractivity contribution >= 4 is 17.9 Å². The van der Waals surface area contributed by atoms with Crippen molar-refractivity contribution in [1.29, 1.82) is 0 Å². The van der Waals surface area contributed by atoms with Crippen LogP contribution in [-0.4, -0.2) is 41.5 Å². The maximum Gasteiger partial charge on any atom is 0.434 e. The molecule has 0 N–H and O–H groups in total. The Morgan fingerprint density at radius 1 is 1.43 bits per heavy atom. The molecule has 1 aliphatic heterocycles. The van der Waals surface area contributed by atoms with Gasteiger partial charge in [-0.1, -0.05) is 0 Å². The van der Waals surface area contributed by atoms with Crippen molar-refractivity contribution in [2.45, 2.75) is 19.8 Å². The Morgan fingerprint density at radius 2 is 1.93 bits per heavy atom. The highest BCUT2D eigenvalue weighted by Crippen LogP contribution is 2.12. The lowest BCUT2D eigenvalue weighted by Gasteiger charge is -2.18. The van der Waals surface area contributed by atoms with Crippen LogP contribution in [0.25, 0.3) is 0 Å². The lowest BCUT2D eigenvalue weighted by molar-refractivity contribution is -0.173. The molecular formula is C8H12N2O4. The Kier molecular flexibility index (Phi) is 3.06. The van der Waals surface area contributed by atoms with E-state index in [1.165, 1.54) is 11.9 Å². The first kappa shape index (κ1) is 10.5. The van der Waals surface area contributed by atoms with Gasteiger partial charge < -0.3 is 9.74 Å². The van der Waals surface area contributed by atoms with E-state index < -0.39 is 17.9 Å². The van der Waals surface area contributed by atoms with Gasteiger partial charge in [0.15, 0.2) is 0 Å². The van der Waals surface area contributed by atoms with Gasteiger partial charge in [0.2, 0.25) is 0 Å². The van der Waals surface area contributed by atoms with Crippen molar-refractivity contribution in [1.82, 2.24) is 9.96 Å². The minimum atomic E-state index is -0.698. The summed E-state index contributed by atoms with van der Waals surface area (Å²) in [7, 11) is 1.52. The number of carbonyl (C=O) groups is 3. The molecule has 1 saturated heterocycles. The first-order chi connectivity index (χ1) is 6.56. The fourth-order valence-electron chi connectivity index (χ4n) is 0.935. The third-order valence-electron chi connectivity index (χ3n) is 1.96. The Labute approximate surface area is 81.4 Å². The lowest BCUT2D eigenvalue weighted by Crippen LogP contribution is -2.37. The predicted molar refractivity (Wildman–Crippen MR) is 45.9 cm³/mol. The Hall–Kier alpha value is -1.59. The van der Waals surface area contributed by atoms with E-state index in [-0.39, 0.29) is 12.8 Å². The van der Waals surface area contributed by atoms with Gasteiger partial charge >= 0.3 is 6.09 Å². The van der Waals surface area contributed by atoms with E-state index in [4.69, 9.17) is 0 Å². The second kappa shape index (κ2) is 4.08. The van der Waals surface area contributed by atoms with Gasteiger partial charge in [0.25, 0.3) is 11.8 Å². The van der Waals surface area contributed by atoms with Crippen LogP contribution in [0, 0.1) is 0 Å². The zero-order chi connectivity index (χ0) is 10.7. The number of rotatable bonds is 2. The van der Waals surface area contributed by atoms with Crippen LogP contribution in [0.5, 0.6) is 0 Å². The van der Waals surface area contributed by atoms with Gasteiger partial charge in [-0.25, -0.2) is 4.79 Å². The zero-order valence-electron chi connectivity index (χ0n) is 8.15. The molecule has 1 aliphatic rings. The van der Waals surface area contributed by atoms with Gasteiger partial charge in [-0.05, 0) is 6.92 Å². The van der Waals surface area contributed by atoms with E-state index in [0.717, 1.165) is 0 Å². The molecule has 3 amide bonds. The normalized spacial score (nSPS) is 16.0. The van der Waals surface area contributed by atoms with Crippen molar-refractivity contribution in [2.75, 3.05) is 13.6 Å². The van der Waals surface area contributed by atoms with Crippen LogP contribution in [0.3, 0.4) is 0 Å². The Balaban J connectivity index is 2.55. The summed E-state index contributed by atoms with van der Waals surface area (Å²) in [6, 6.07) is 0. The number of nitrogens with zero attached hydrogens (tertiary/aromatic N) is 2. The van der Waals surface area contributed by atoms with Crippen LogP contribution >= 0.6 is 0 Å². The number of amides is 3. The number of carbonyl (C=O) groups excluding carboxylic acids is 3. The summed E-state index contributed by atoms with van der Waals surface area (Å²) in [6.07, 6.45) is -0.472. The van der Waals surface area contributed by atoms with Gasteiger partial charge in [0, 0.05) is 26.4 Å². The molecule has 0 unspecified atom stereocenters. The molecule has 1 rings (SSSR count). The maximum absolute atomic E-state index is 11.2. The van der Waals surface area contributed by atoms with E-state index >= 15 is 0 Å². The molecule has 6 heteroatoms. The SMILES string of the molecule is CCN(C)C(=O)ON1C(=O)CCC1=O. The van der Waals surface area contributed by atoms with Gasteiger partial charge in [-0.3, -0.25) is 9.59 Å². The van der Waals surface area contributed by atoms with Gasteiger partial charge in [0.1, 0.15) is 0 Å². The quantitative estimate of drug-likeness (QED) is 0.594. The fourth-order valence-corrected chi connectivity index (χ4v) is 0.935. The van der Waals surface area contributed by atoms with Gasteiger partial charge in [-0.2, -0.15) is 0 Å². The number of imide groups is 1. The topological polar surface area (TPSA) is 66.9 Å². The summed E-state index contributed by atoms with van der Waals surface area (Å²) in [6.45, 7) is 2.21. The molecule has 0 atom stereocenters. The van der Waals surface area contributed by atoms with E-state index in [2.05, 4.69) is 4.84 Å². The first-order valence-corrected chi connectivity index (χ1v) is 4.35. The summed E-state index contributed by atoms with van der Waals surface area (Å²) >= 11 is 0. The van der Waals surface area contributed by atoms with E-state index in [1.54, 1.807) is 6.92 Å². The molecule has 1 fully saturated rings. The zero-order valence-corrected chi connectivity index (χ0v) is 8.15. The molecule has 0 aromatic carbocycles. The lowest BCUT2D eigenvalue weighted by atomic mass is 10.4. The van der Waals surface area contributed by atoms with Crippen LogP contribution in [-0.2, 0) is 14.4 Å². The number of hydrogen-bond acceptors (Lipinski definition) is 4. The van der Waals surface area contributed by atoms with Gasteiger partial charge in [0.05, 0.1) is 0 Å². The summed E-state index contributed by atoms with van der Waals surface area (Å²) in [4.78, 5) is 39.1. The van der Waals surface area contributed by atoms with Crippen molar-refractivity contribution in [3.63, 3.8) is 0 Å². The molecule has 0 aliphatic carbocycles. The van der Waals surface area contributed by atoms with Crippen LogP contribution in [0.1, 0.15) is 19.8 Å². The third-order valence-corrected chi connectivity index (χ3v) is 1.96. The fraction of sp³-hybridized carbons (Fsp3) is 0.625. The molecule has 0 aromatic heterocycles. The molecule has 6 nitrogen and oxygen atoms in total. The monoisotopic (exact) mass is 200 g/mol. The average molecular weight is 200 g/mol. The molecule has 0 spiro atoms. The highest BCUT2D eigenvalue weighted by molar-refractivity contribution is 6.01. The number of hydroxylamine groups is 2. The molecule has 1 heterocycles. The van der Waals surface area contributed by atoms with Crippen molar-refractivity contribution < 1.29 is 19.2 Å². The molecular weight excluding hydrogens is 188 g/mol. The molecule has 0 bridgehead atoms. The minimum absolute atomic E-state index is 0.113. The van der Waals surface area contributed by atoms with E-state index in [9.17, 15) is 14.4 Å². The van der Waals surface area contributed by atoms with E-state index in [0.29, 0.717) is 11.6 Å². The summed E-state index contributed by atoms with van der Waals surface area (Å²) in [5, 5.41) is 0.536. The average Bonchev–Trinajstić information content (AvgIpc) is 2.48. The summed E-state index contributed by atoms with van der Waals surface area (Å²) in [5.41, 5.74) is 0. The second-order valence-corrected chi connectivity index (χ2v) is 2.95. The molecule has 0 aromatic rings. The smallest absolute Gasteiger partial charge is 0.311 e. The van der Waals surface area contributed by atoms with Crippen molar-refractivity contribution in [3.8, 4) is 0 Å². The van der Waals surface area contributed by atoms with E-state index in [1.807, 2.05) is 0 Å². The standard InChI is InChI=1S/C8H12N2O4/c1-3-9(2)8(13)14-10-6(11)4-5-7(10)12/h3-5H2,1-2H3. The second-order valence-electron chi connectivity index (χ2n) is 2.95. The number of hydrogen-bond donors (Lipinski definition) is 0. The van der Waals surface area contributed by atoms with Crippen LogP contribution in [0.4, 0.5) is 4.79 Å². The molecule has 0 saturated carbocycles. The summed E-state index contributed by atoms with van der Waals surface area (Å²) < 4.78 is 0. The Bertz CT molecular complexity index is 261.